The summed E-state index contributed by atoms with van der Waals surface area (Å²) < 4.78 is 23.8. The Morgan fingerprint density at radius 1 is 1.30 bits per heavy atom. The zero-order valence-electron chi connectivity index (χ0n) is 13.5. The third-order valence-corrected chi connectivity index (χ3v) is 3.50. The minimum Gasteiger partial charge on any atom is -0.464 e. The van der Waals surface area contributed by atoms with Gasteiger partial charge in [0.1, 0.15) is 17.3 Å². The lowest BCUT2D eigenvalue weighted by Gasteiger charge is -2.20. The van der Waals surface area contributed by atoms with Crippen molar-refractivity contribution in [2.24, 2.45) is 0 Å². The molecule has 1 aromatic heterocycles. The van der Waals surface area contributed by atoms with Gasteiger partial charge in [-0.1, -0.05) is 12.1 Å². The number of furan rings is 1. The molecule has 0 saturated carbocycles. The molecule has 0 saturated heterocycles. The summed E-state index contributed by atoms with van der Waals surface area (Å²) in [6, 6.07) is 9.49. The number of nitrogens with zero attached hydrogens (tertiary/aromatic N) is 1. The zero-order chi connectivity index (χ0) is 16.8. The topological polar surface area (TPSA) is 54.7 Å². The van der Waals surface area contributed by atoms with Crippen LogP contribution in [-0.2, 0) is 11.3 Å². The fourth-order valence-electron chi connectivity index (χ4n) is 2.21. The lowest BCUT2D eigenvalue weighted by molar-refractivity contribution is 0.102. The molecule has 23 heavy (non-hydrogen) atoms. The molecule has 5 nitrogen and oxygen atoms in total. The summed E-state index contributed by atoms with van der Waals surface area (Å²) >= 11 is 0. The molecule has 0 aliphatic heterocycles. The van der Waals surface area contributed by atoms with E-state index >= 15 is 0 Å². The molecule has 0 aliphatic carbocycles. The van der Waals surface area contributed by atoms with Crippen molar-refractivity contribution in [2.75, 3.05) is 20.7 Å². The van der Waals surface area contributed by atoms with Gasteiger partial charge < -0.3 is 19.4 Å². The molecule has 1 N–H and O–H groups in total. The van der Waals surface area contributed by atoms with Crippen LogP contribution in [0.15, 0.2) is 40.8 Å². The number of benzene rings is 1. The smallest absolute Gasteiger partial charge is 0.317 e. The number of urea groups is 1. The van der Waals surface area contributed by atoms with Crippen LogP contribution in [0.4, 0.5) is 9.18 Å². The van der Waals surface area contributed by atoms with Gasteiger partial charge in [0.2, 0.25) is 0 Å². The molecule has 6 heteroatoms. The highest BCUT2D eigenvalue weighted by atomic mass is 19.1. The van der Waals surface area contributed by atoms with Gasteiger partial charge in [-0.2, -0.15) is 0 Å². The van der Waals surface area contributed by atoms with Crippen molar-refractivity contribution >= 4 is 6.03 Å². The van der Waals surface area contributed by atoms with Crippen LogP contribution in [0.1, 0.15) is 23.2 Å². The number of carbonyl (C=O) groups is 1. The fraction of sp³-hybridized carbons (Fsp3) is 0.353. The number of rotatable bonds is 6. The standard InChI is InChI=1S/C17H21FN2O3/c1-12-4-9-15(23-12)11-20(2)17(21)19-10-16(22-3)13-5-7-14(18)8-6-13/h4-9,16H,10-11H2,1-3H3,(H,19,21)/t16-/m1/s1. The number of carbonyl (C=O) groups excluding carboxylic acids is 1. The average molecular weight is 320 g/mol. The molecule has 0 bridgehead atoms. The van der Waals surface area contributed by atoms with Crippen molar-refractivity contribution in [3.05, 3.63) is 59.3 Å². The molecule has 0 aliphatic rings. The predicted molar refractivity (Wildman–Crippen MR) is 84.5 cm³/mol. The first kappa shape index (κ1) is 17.0. The summed E-state index contributed by atoms with van der Waals surface area (Å²) in [5.41, 5.74) is 0.804. The van der Waals surface area contributed by atoms with Crippen molar-refractivity contribution in [3.63, 3.8) is 0 Å². The first-order valence-corrected chi connectivity index (χ1v) is 7.32. The minimum absolute atomic E-state index is 0.233. The Balaban J connectivity index is 1.87. The molecule has 0 spiro atoms. The second-order valence-electron chi connectivity index (χ2n) is 5.33. The Morgan fingerprint density at radius 3 is 2.57 bits per heavy atom. The van der Waals surface area contributed by atoms with Crippen LogP contribution in [0.2, 0.25) is 0 Å². The van der Waals surface area contributed by atoms with Gasteiger partial charge in [-0.25, -0.2) is 9.18 Å². The van der Waals surface area contributed by atoms with E-state index in [0.717, 1.165) is 17.1 Å². The molecule has 2 rings (SSSR count). The molecule has 0 fully saturated rings. The number of hydrogen-bond donors (Lipinski definition) is 1. The molecule has 0 radical (unpaired) electrons. The summed E-state index contributed by atoms with van der Waals surface area (Å²) in [7, 11) is 3.24. The number of ether oxygens (including phenoxy) is 1. The van der Waals surface area contributed by atoms with E-state index in [9.17, 15) is 9.18 Å². The molecule has 1 heterocycles. The maximum absolute atomic E-state index is 13.0. The monoisotopic (exact) mass is 320 g/mol. The Hall–Kier alpha value is -2.34. The van der Waals surface area contributed by atoms with Crippen LogP contribution in [-0.4, -0.2) is 31.6 Å². The van der Waals surface area contributed by atoms with Crippen LogP contribution in [0.5, 0.6) is 0 Å². The highest BCUT2D eigenvalue weighted by Gasteiger charge is 2.15. The molecular weight excluding hydrogens is 299 g/mol. The predicted octanol–water partition coefficient (Wildman–Crippen LogP) is 3.26. The summed E-state index contributed by atoms with van der Waals surface area (Å²) in [4.78, 5) is 13.6. The van der Waals surface area contributed by atoms with Crippen LogP contribution >= 0.6 is 0 Å². The van der Waals surface area contributed by atoms with Gasteiger partial charge in [-0.3, -0.25) is 0 Å². The van der Waals surface area contributed by atoms with Crippen molar-refractivity contribution in [1.29, 1.82) is 0 Å². The van der Waals surface area contributed by atoms with Gasteiger partial charge in [0.05, 0.1) is 12.6 Å². The van der Waals surface area contributed by atoms with E-state index in [2.05, 4.69) is 5.32 Å². The van der Waals surface area contributed by atoms with E-state index in [4.69, 9.17) is 9.15 Å². The fourth-order valence-corrected chi connectivity index (χ4v) is 2.21. The molecule has 1 aromatic carbocycles. The molecule has 0 unspecified atom stereocenters. The van der Waals surface area contributed by atoms with E-state index in [-0.39, 0.29) is 18.0 Å². The molecule has 1 atom stereocenters. The third kappa shape index (κ3) is 4.82. The van der Waals surface area contributed by atoms with Crippen molar-refractivity contribution in [2.45, 2.75) is 19.6 Å². The van der Waals surface area contributed by atoms with Crippen molar-refractivity contribution < 1.29 is 18.3 Å². The Bertz CT molecular complexity index is 640. The SMILES string of the molecule is CO[C@H](CNC(=O)N(C)Cc1ccc(C)o1)c1ccc(F)cc1. The first-order chi connectivity index (χ1) is 11.0. The number of aryl methyl sites for hydroxylation is 1. The molecule has 124 valence electrons. The van der Waals surface area contributed by atoms with E-state index in [1.54, 1.807) is 26.3 Å². The van der Waals surface area contributed by atoms with E-state index in [1.807, 2.05) is 19.1 Å². The molecular formula is C17H21FN2O3. The van der Waals surface area contributed by atoms with Crippen molar-refractivity contribution in [1.82, 2.24) is 10.2 Å². The second kappa shape index (κ2) is 7.78. The largest absolute Gasteiger partial charge is 0.464 e. The van der Waals surface area contributed by atoms with Crippen molar-refractivity contribution in [3.8, 4) is 0 Å². The van der Waals surface area contributed by atoms with Gasteiger partial charge in [-0.05, 0) is 36.8 Å². The van der Waals surface area contributed by atoms with Gasteiger partial charge in [0.25, 0.3) is 0 Å². The maximum atomic E-state index is 13.0. The van der Waals surface area contributed by atoms with Crippen LogP contribution in [0.3, 0.4) is 0 Å². The Labute approximate surface area is 135 Å². The highest BCUT2D eigenvalue weighted by molar-refractivity contribution is 5.73. The quantitative estimate of drug-likeness (QED) is 0.889. The minimum atomic E-state index is -0.334. The third-order valence-electron chi connectivity index (χ3n) is 3.50. The highest BCUT2D eigenvalue weighted by Crippen LogP contribution is 2.16. The zero-order valence-corrected chi connectivity index (χ0v) is 13.5. The van der Waals surface area contributed by atoms with E-state index < -0.39 is 0 Å². The summed E-state index contributed by atoms with van der Waals surface area (Å²) in [6.45, 7) is 2.53. The average Bonchev–Trinajstić information content (AvgIpc) is 2.94. The Kier molecular flexibility index (Phi) is 5.76. The molecule has 2 amide bonds. The van der Waals surface area contributed by atoms with Gasteiger partial charge >= 0.3 is 6.03 Å². The van der Waals surface area contributed by atoms with E-state index in [0.29, 0.717) is 13.1 Å². The van der Waals surface area contributed by atoms with Gasteiger partial charge in [-0.15, -0.1) is 0 Å². The number of hydrogen-bond acceptors (Lipinski definition) is 3. The number of halogens is 1. The van der Waals surface area contributed by atoms with Gasteiger partial charge in [0, 0.05) is 20.7 Å². The van der Waals surface area contributed by atoms with Crippen LogP contribution < -0.4 is 5.32 Å². The summed E-state index contributed by atoms with van der Waals surface area (Å²) in [6.07, 6.45) is -0.334. The summed E-state index contributed by atoms with van der Waals surface area (Å²) in [5.74, 6) is 1.23. The lowest BCUT2D eigenvalue weighted by Crippen LogP contribution is -2.39. The van der Waals surface area contributed by atoms with Crippen LogP contribution in [0.25, 0.3) is 0 Å². The van der Waals surface area contributed by atoms with Gasteiger partial charge in [0.15, 0.2) is 0 Å². The maximum Gasteiger partial charge on any atom is 0.317 e. The number of methoxy groups -OCH3 is 1. The second-order valence-corrected chi connectivity index (χ2v) is 5.33. The lowest BCUT2D eigenvalue weighted by atomic mass is 10.1. The number of amides is 2. The van der Waals surface area contributed by atoms with E-state index in [1.165, 1.54) is 17.0 Å². The number of nitrogens with one attached hydrogen (secondary N) is 1. The molecule has 2 aromatic rings. The summed E-state index contributed by atoms with van der Waals surface area (Å²) in [5, 5.41) is 2.80. The normalized spacial score (nSPS) is 12.0. The van der Waals surface area contributed by atoms with Crippen LogP contribution in [0, 0.1) is 12.7 Å². The Morgan fingerprint density at radius 2 is 2.00 bits per heavy atom. The first-order valence-electron chi connectivity index (χ1n) is 7.32.